The summed E-state index contributed by atoms with van der Waals surface area (Å²) in [5.41, 5.74) is 0.597. The van der Waals surface area contributed by atoms with Crippen LogP contribution in [0.2, 0.25) is 0 Å². The third-order valence-electron chi connectivity index (χ3n) is 1.61. The number of hydrogen-bond acceptors (Lipinski definition) is 0. The van der Waals surface area contributed by atoms with Crippen LogP contribution in [-0.2, 0) is 6.42 Å². The van der Waals surface area contributed by atoms with Gasteiger partial charge >= 0.3 is 0 Å². The van der Waals surface area contributed by atoms with Gasteiger partial charge in [-0.15, -0.1) is 0 Å². The summed E-state index contributed by atoms with van der Waals surface area (Å²) in [7, 11) is 0. The molecule has 0 fully saturated rings. The zero-order valence-corrected chi connectivity index (χ0v) is 7.74. The Balaban J connectivity index is 2.71. The highest BCUT2D eigenvalue weighted by molar-refractivity contribution is 6.29. The van der Waals surface area contributed by atoms with E-state index in [0.717, 1.165) is 6.07 Å². The molecule has 1 aromatic rings. The lowest BCUT2D eigenvalue weighted by Gasteiger charge is -2.00. The second-order valence-electron chi connectivity index (χ2n) is 2.79. The summed E-state index contributed by atoms with van der Waals surface area (Å²) >= 11 is 5.53. The first-order valence-corrected chi connectivity index (χ1v) is 4.24. The van der Waals surface area contributed by atoms with Crippen molar-refractivity contribution in [2.24, 2.45) is 0 Å². The maximum atomic E-state index is 12.7. The minimum absolute atomic E-state index is 0.490. The molecule has 70 valence electrons. The molecule has 0 spiro atoms. The van der Waals surface area contributed by atoms with Gasteiger partial charge in [-0.2, -0.15) is 0 Å². The van der Waals surface area contributed by atoms with E-state index in [9.17, 15) is 8.78 Å². The highest BCUT2D eigenvalue weighted by Gasteiger charge is 2.00. The quantitative estimate of drug-likeness (QED) is 0.702. The lowest BCUT2D eigenvalue weighted by molar-refractivity contribution is 0.579. The van der Waals surface area contributed by atoms with Crippen LogP contribution in [-0.4, -0.2) is 0 Å². The van der Waals surface area contributed by atoms with Crippen molar-refractivity contribution in [1.29, 1.82) is 0 Å². The predicted molar refractivity (Wildman–Crippen MR) is 49.7 cm³/mol. The van der Waals surface area contributed by atoms with Crippen LogP contribution in [0.15, 0.2) is 29.8 Å². The summed E-state index contributed by atoms with van der Waals surface area (Å²) in [6.45, 7) is 3.49. The Morgan fingerprint density at radius 1 is 1.23 bits per heavy atom. The van der Waals surface area contributed by atoms with E-state index in [1.54, 1.807) is 0 Å². The fraction of sp³-hybridized carbons (Fsp3) is 0.200. The van der Waals surface area contributed by atoms with Gasteiger partial charge in [0.15, 0.2) is 0 Å². The largest absolute Gasteiger partial charge is 0.207 e. The maximum Gasteiger partial charge on any atom is 0.126 e. The fourth-order valence-electron chi connectivity index (χ4n) is 1.04. The summed E-state index contributed by atoms with van der Waals surface area (Å²) in [5.74, 6) is -1.12. The third-order valence-corrected chi connectivity index (χ3v) is 1.80. The molecular weight excluding hydrogens is 194 g/mol. The maximum absolute atomic E-state index is 12.7. The van der Waals surface area contributed by atoms with Crippen LogP contribution in [0.3, 0.4) is 0 Å². The zero-order valence-electron chi connectivity index (χ0n) is 6.99. The molecule has 0 saturated carbocycles. The minimum atomic E-state index is -0.560. The molecule has 13 heavy (non-hydrogen) atoms. The molecule has 0 saturated heterocycles. The third kappa shape index (κ3) is 3.55. The predicted octanol–water partition coefficient (Wildman–Crippen LogP) is 3.65. The molecule has 0 radical (unpaired) electrons. The van der Waals surface area contributed by atoms with E-state index in [1.807, 2.05) is 0 Å². The van der Waals surface area contributed by atoms with Crippen LogP contribution >= 0.6 is 11.6 Å². The molecule has 0 heterocycles. The van der Waals surface area contributed by atoms with Crippen molar-refractivity contribution in [2.75, 3.05) is 0 Å². The molecule has 1 rings (SSSR count). The standard InChI is InChI=1S/C10H9ClF2/c1-7(11)2-3-8-4-9(12)6-10(13)5-8/h4-6H,1-3H2. The van der Waals surface area contributed by atoms with Gasteiger partial charge in [0.1, 0.15) is 11.6 Å². The molecule has 0 N–H and O–H groups in total. The smallest absolute Gasteiger partial charge is 0.126 e. The Bertz CT molecular complexity index is 300. The number of halogens is 3. The van der Waals surface area contributed by atoms with Crippen LogP contribution in [0, 0.1) is 11.6 Å². The molecule has 1 aromatic carbocycles. The first-order chi connectivity index (χ1) is 6.08. The highest BCUT2D eigenvalue weighted by atomic mass is 35.5. The molecular formula is C10H9ClF2. The number of aryl methyl sites for hydroxylation is 1. The van der Waals surface area contributed by atoms with Gasteiger partial charge in [-0.05, 0) is 30.5 Å². The van der Waals surface area contributed by atoms with Gasteiger partial charge in [0.05, 0.1) is 0 Å². The number of rotatable bonds is 3. The Morgan fingerprint density at radius 2 is 1.77 bits per heavy atom. The average Bonchev–Trinajstić information content (AvgIpc) is 1.99. The summed E-state index contributed by atoms with van der Waals surface area (Å²) in [5, 5.41) is 0.490. The van der Waals surface area contributed by atoms with Gasteiger partial charge in [0.2, 0.25) is 0 Å². The second-order valence-corrected chi connectivity index (χ2v) is 3.33. The Kier molecular flexibility index (Phi) is 3.43. The number of benzene rings is 1. The van der Waals surface area contributed by atoms with Crippen LogP contribution in [0.1, 0.15) is 12.0 Å². The van der Waals surface area contributed by atoms with E-state index < -0.39 is 11.6 Å². The van der Waals surface area contributed by atoms with Gasteiger partial charge < -0.3 is 0 Å². The van der Waals surface area contributed by atoms with E-state index in [0.29, 0.717) is 23.4 Å². The molecule has 0 aliphatic rings. The first kappa shape index (κ1) is 10.2. The van der Waals surface area contributed by atoms with Crippen molar-refractivity contribution in [2.45, 2.75) is 12.8 Å². The summed E-state index contributed by atoms with van der Waals surface area (Å²) in [6, 6.07) is 3.44. The lowest BCUT2D eigenvalue weighted by atomic mass is 10.1. The Morgan fingerprint density at radius 3 is 2.23 bits per heavy atom. The van der Waals surface area contributed by atoms with Crippen molar-refractivity contribution in [3.63, 3.8) is 0 Å². The molecule has 0 aliphatic carbocycles. The van der Waals surface area contributed by atoms with Crippen molar-refractivity contribution in [3.05, 3.63) is 47.0 Å². The van der Waals surface area contributed by atoms with Crippen molar-refractivity contribution < 1.29 is 8.78 Å². The fourth-order valence-corrected chi connectivity index (χ4v) is 1.13. The lowest BCUT2D eigenvalue weighted by Crippen LogP contribution is -1.89. The molecule has 3 heteroatoms. The second kappa shape index (κ2) is 4.38. The zero-order chi connectivity index (χ0) is 9.84. The minimum Gasteiger partial charge on any atom is -0.207 e. The van der Waals surface area contributed by atoms with Gasteiger partial charge in [0.25, 0.3) is 0 Å². The molecule has 0 aliphatic heterocycles. The summed E-state index contributed by atoms with van der Waals surface area (Å²) in [4.78, 5) is 0. The summed E-state index contributed by atoms with van der Waals surface area (Å²) < 4.78 is 25.3. The normalized spacial score (nSPS) is 10.1. The Labute approximate surface area is 80.8 Å². The van der Waals surface area contributed by atoms with E-state index in [2.05, 4.69) is 6.58 Å². The van der Waals surface area contributed by atoms with Gasteiger partial charge in [-0.1, -0.05) is 18.2 Å². The van der Waals surface area contributed by atoms with Crippen molar-refractivity contribution >= 4 is 11.6 Å². The van der Waals surface area contributed by atoms with Crippen LogP contribution in [0.4, 0.5) is 8.78 Å². The van der Waals surface area contributed by atoms with E-state index in [1.165, 1.54) is 12.1 Å². The molecule has 0 bridgehead atoms. The highest BCUT2D eigenvalue weighted by Crippen LogP contribution is 2.13. The SMILES string of the molecule is C=C(Cl)CCc1cc(F)cc(F)c1. The van der Waals surface area contributed by atoms with Crippen molar-refractivity contribution in [1.82, 2.24) is 0 Å². The summed E-state index contributed by atoms with van der Waals surface area (Å²) in [6.07, 6.45) is 1.04. The van der Waals surface area contributed by atoms with E-state index >= 15 is 0 Å². The average molecular weight is 203 g/mol. The molecule has 0 aromatic heterocycles. The van der Waals surface area contributed by atoms with Gasteiger partial charge in [-0.25, -0.2) is 8.78 Å². The van der Waals surface area contributed by atoms with Crippen LogP contribution < -0.4 is 0 Å². The Hall–Kier alpha value is -0.890. The van der Waals surface area contributed by atoms with Gasteiger partial charge in [-0.3, -0.25) is 0 Å². The van der Waals surface area contributed by atoms with Gasteiger partial charge in [0, 0.05) is 11.1 Å². The van der Waals surface area contributed by atoms with Crippen LogP contribution in [0.5, 0.6) is 0 Å². The molecule has 0 amide bonds. The van der Waals surface area contributed by atoms with Crippen molar-refractivity contribution in [3.8, 4) is 0 Å². The number of hydrogen-bond donors (Lipinski definition) is 0. The molecule has 0 nitrogen and oxygen atoms in total. The molecule has 0 unspecified atom stereocenters. The monoisotopic (exact) mass is 202 g/mol. The van der Waals surface area contributed by atoms with E-state index in [4.69, 9.17) is 11.6 Å². The van der Waals surface area contributed by atoms with Crippen LogP contribution in [0.25, 0.3) is 0 Å². The number of allylic oxidation sites excluding steroid dienone is 1. The topological polar surface area (TPSA) is 0 Å². The molecule has 0 atom stereocenters. The first-order valence-electron chi connectivity index (χ1n) is 3.86. The van der Waals surface area contributed by atoms with E-state index in [-0.39, 0.29) is 0 Å².